The van der Waals surface area contributed by atoms with E-state index < -0.39 is 47.2 Å². The molecule has 0 saturated carbocycles. The molecule has 0 unspecified atom stereocenters. The maximum absolute atomic E-state index is 13.3. The molecule has 0 aromatic heterocycles. The van der Waals surface area contributed by atoms with Gasteiger partial charge in [0.25, 0.3) is 0 Å². The van der Waals surface area contributed by atoms with Gasteiger partial charge in [0.15, 0.2) is 23.3 Å². The minimum atomic E-state index is -2.23. The van der Waals surface area contributed by atoms with E-state index >= 15 is 0 Å². The second kappa shape index (κ2) is 5.64. The molecule has 1 N–H and O–H groups in total. The Morgan fingerprint density at radius 1 is 0.900 bits per heavy atom. The molecule has 1 aromatic carbocycles. The van der Waals surface area contributed by atoms with Crippen molar-refractivity contribution in [3.05, 3.63) is 29.1 Å². The van der Waals surface area contributed by atoms with E-state index in [9.17, 15) is 26.7 Å². The zero-order chi connectivity index (χ0) is 14.9. The molecule has 0 atom stereocenters. The van der Waals surface area contributed by atoms with E-state index in [2.05, 4.69) is 0 Å². The first-order valence-corrected chi connectivity index (χ1v) is 5.96. The summed E-state index contributed by atoms with van der Waals surface area (Å²) in [6.07, 6.45) is 1.66. The zero-order valence-electron chi connectivity index (χ0n) is 10.3. The third-order valence-corrected chi connectivity index (χ3v) is 3.08. The Morgan fingerprint density at radius 3 is 1.85 bits per heavy atom. The van der Waals surface area contributed by atoms with Gasteiger partial charge in [0.2, 0.25) is 11.7 Å². The number of carbonyl (C=O) groups excluding carboxylic acids is 1. The summed E-state index contributed by atoms with van der Waals surface area (Å²) in [6, 6.07) is 0. The Hall–Kier alpha value is -1.86. The van der Waals surface area contributed by atoms with Crippen LogP contribution < -0.4 is 5.32 Å². The number of halogens is 5. The molecule has 110 valence electrons. The highest BCUT2D eigenvalue weighted by molar-refractivity contribution is 5.81. The molecule has 1 amide bonds. The van der Waals surface area contributed by atoms with Crippen LogP contribution in [0, 0.1) is 29.1 Å². The van der Waals surface area contributed by atoms with Crippen LogP contribution in [-0.4, -0.2) is 30.4 Å². The van der Waals surface area contributed by atoms with Gasteiger partial charge >= 0.3 is 0 Å². The van der Waals surface area contributed by atoms with Gasteiger partial charge in [-0.05, 0) is 12.8 Å². The SMILES string of the molecule is O=C(CNc1c(F)c(F)c(F)c(F)c1F)N1CCCC1. The summed E-state index contributed by atoms with van der Waals surface area (Å²) in [5, 5.41) is 1.98. The monoisotopic (exact) mass is 294 g/mol. The molecule has 1 heterocycles. The van der Waals surface area contributed by atoms with Crippen molar-refractivity contribution in [2.45, 2.75) is 12.8 Å². The number of benzene rings is 1. The summed E-state index contributed by atoms with van der Waals surface area (Å²) in [6.45, 7) is 0.521. The van der Waals surface area contributed by atoms with Crippen molar-refractivity contribution in [2.24, 2.45) is 0 Å². The number of hydrogen-bond acceptors (Lipinski definition) is 2. The van der Waals surface area contributed by atoms with Crippen molar-refractivity contribution >= 4 is 11.6 Å². The van der Waals surface area contributed by atoms with Gasteiger partial charge in [0.1, 0.15) is 5.69 Å². The number of likely N-dealkylation sites (tertiary alicyclic amines) is 1. The van der Waals surface area contributed by atoms with Crippen molar-refractivity contribution in [1.29, 1.82) is 0 Å². The Morgan fingerprint density at radius 2 is 1.35 bits per heavy atom. The number of anilines is 1. The second-order valence-corrected chi connectivity index (χ2v) is 4.39. The molecule has 8 heteroatoms. The molecule has 1 fully saturated rings. The van der Waals surface area contributed by atoms with Crippen LogP contribution >= 0.6 is 0 Å². The summed E-state index contributed by atoms with van der Waals surface area (Å²) >= 11 is 0. The molecule has 0 spiro atoms. The lowest BCUT2D eigenvalue weighted by Crippen LogP contribution is -2.33. The van der Waals surface area contributed by atoms with Crippen molar-refractivity contribution in [3.8, 4) is 0 Å². The van der Waals surface area contributed by atoms with E-state index in [1.807, 2.05) is 5.32 Å². The molecule has 3 nitrogen and oxygen atoms in total. The maximum Gasteiger partial charge on any atom is 0.241 e. The fourth-order valence-corrected chi connectivity index (χ4v) is 2.00. The fourth-order valence-electron chi connectivity index (χ4n) is 2.00. The van der Waals surface area contributed by atoms with Crippen LogP contribution in [0.5, 0.6) is 0 Å². The Balaban J connectivity index is 2.15. The van der Waals surface area contributed by atoms with Gasteiger partial charge in [-0.15, -0.1) is 0 Å². The number of hydrogen-bond donors (Lipinski definition) is 1. The van der Waals surface area contributed by atoms with E-state index in [0.717, 1.165) is 12.8 Å². The van der Waals surface area contributed by atoms with Crippen LogP contribution in [0.3, 0.4) is 0 Å². The predicted octanol–water partition coefficient (Wildman–Crippen LogP) is 2.42. The zero-order valence-corrected chi connectivity index (χ0v) is 10.3. The maximum atomic E-state index is 13.3. The van der Waals surface area contributed by atoms with Gasteiger partial charge in [-0.3, -0.25) is 4.79 Å². The lowest BCUT2D eigenvalue weighted by Gasteiger charge is -2.16. The standard InChI is InChI=1S/C12H11F5N2O/c13-7-8(14)10(16)12(11(17)9(7)15)18-5-6(20)19-3-1-2-4-19/h18H,1-5H2. The van der Waals surface area contributed by atoms with Crippen LogP contribution in [0.4, 0.5) is 27.6 Å². The normalized spacial score (nSPS) is 14.8. The first-order chi connectivity index (χ1) is 9.43. The van der Waals surface area contributed by atoms with E-state index in [0.29, 0.717) is 13.1 Å². The van der Waals surface area contributed by atoms with Crippen LogP contribution in [0.2, 0.25) is 0 Å². The van der Waals surface area contributed by atoms with Gasteiger partial charge in [-0.1, -0.05) is 0 Å². The van der Waals surface area contributed by atoms with E-state index in [1.54, 1.807) is 0 Å². The molecule has 20 heavy (non-hydrogen) atoms. The molecule has 1 saturated heterocycles. The lowest BCUT2D eigenvalue weighted by atomic mass is 10.2. The summed E-state index contributed by atoms with van der Waals surface area (Å²) in [7, 11) is 0. The molecule has 0 aliphatic carbocycles. The molecular formula is C12H11F5N2O. The molecule has 1 aliphatic rings. The minimum Gasteiger partial charge on any atom is -0.371 e. The fraction of sp³-hybridized carbons (Fsp3) is 0.417. The highest BCUT2D eigenvalue weighted by Gasteiger charge is 2.26. The smallest absolute Gasteiger partial charge is 0.241 e. The second-order valence-electron chi connectivity index (χ2n) is 4.39. The number of carbonyl (C=O) groups is 1. The van der Waals surface area contributed by atoms with Gasteiger partial charge in [-0.2, -0.15) is 0 Å². The third-order valence-electron chi connectivity index (χ3n) is 3.08. The van der Waals surface area contributed by atoms with Crippen molar-refractivity contribution in [3.63, 3.8) is 0 Å². The first-order valence-electron chi connectivity index (χ1n) is 5.96. The highest BCUT2D eigenvalue weighted by Crippen LogP contribution is 2.26. The topological polar surface area (TPSA) is 32.3 Å². The molecule has 1 aromatic rings. The molecule has 0 bridgehead atoms. The molecule has 2 rings (SSSR count). The summed E-state index contributed by atoms with van der Waals surface area (Å²) < 4.78 is 65.3. The quantitative estimate of drug-likeness (QED) is 0.527. The summed E-state index contributed by atoms with van der Waals surface area (Å²) in [5.41, 5.74) is -1.19. The average molecular weight is 294 g/mol. The number of nitrogens with zero attached hydrogens (tertiary/aromatic N) is 1. The molecule has 1 aliphatic heterocycles. The largest absolute Gasteiger partial charge is 0.371 e. The van der Waals surface area contributed by atoms with Crippen molar-refractivity contribution in [1.82, 2.24) is 4.90 Å². The van der Waals surface area contributed by atoms with Crippen LogP contribution in [0.25, 0.3) is 0 Å². The van der Waals surface area contributed by atoms with E-state index in [-0.39, 0.29) is 0 Å². The van der Waals surface area contributed by atoms with Crippen molar-refractivity contribution < 1.29 is 26.7 Å². The van der Waals surface area contributed by atoms with Crippen molar-refractivity contribution in [2.75, 3.05) is 25.0 Å². The number of amides is 1. The Kier molecular flexibility index (Phi) is 4.10. The molecule has 0 radical (unpaired) electrons. The van der Waals surface area contributed by atoms with Gasteiger partial charge in [0.05, 0.1) is 6.54 Å². The van der Waals surface area contributed by atoms with Gasteiger partial charge in [0, 0.05) is 13.1 Å². The van der Waals surface area contributed by atoms with Crippen LogP contribution in [0.15, 0.2) is 0 Å². The highest BCUT2D eigenvalue weighted by atomic mass is 19.2. The summed E-state index contributed by atoms with van der Waals surface area (Å²) in [4.78, 5) is 13.1. The van der Waals surface area contributed by atoms with E-state index in [4.69, 9.17) is 0 Å². The summed E-state index contributed by atoms with van der Waals surface area (Å²) in [5.74, 6) is -10.7. The molecular weight excluding hydrogens is 283 g/mol. The Labute approximate surface area is 111 Å². The number of nitrogens with one attached hydrogen (secondary N) is 1. The van der Waals surface area contributed by atoms with E-state index in [1.165, 1.54) is 4.90 Å². The lowest BCUT2D eigenvalue weighted by molar-refractivity contribution is -0.128. The average Bonchev–Trinajstić information content (AvgIpc) is 2.97. The Bertz CT molecular complexity index is 514. The van der Waals surface area contributed by atoms with Crippen LogP contribution in [-0.2, 0) is 4.79 Å². The van der Waals surface area contributed by atoms with Gasteiger partial charge in [-0.25, -0.2) is 22.0 Å². The predicted molar refractivity (Wildman–Crippen MR) is 60.5 cm³/mol. The minimum absolute atomic E-state index is 0.452. The van der Waals surface area contributed by atoms with Gasteiger partial charge < -0.3 is 10.2 Å². The third kappa shape index (κ3) is 2.54. The van der Waals surface area contributed by atoms with Crippen LogP contribution in [0.1, 0.15) is 12.8 Å². The first kappa shape index (κ1) is 14.5. The number of rotatable bonds is 3.